The fraction of sp³-hybridized carbons (Fsp3) is 0.385. The normalized spacial score (nSPS) is 11.9. The van der Waals surface area contributed by atoms with Gasteiger partial charge in [-0.1, -0.05) is 0 Å². The molecule has 1 atom stereocenters. The van der Waals surface area contributed by atoms with Gasteiger partial charge in [-0.05, 0) is 25.5 Å². The molecule has 0 radical (unpaired) electrons. The molecule has 2 rings (SSSR count). The van der Waals surface area contributed by atoms with E-state index in [-0.39, 0.29) is 23.4 Å². The first kappa shape index (κ1) is 14.8. The van der Waals surface area contributed by atoms with Crippen LogP contribution in [-0.2, 0) is 6.42 Å². The van der Waals surface area contributed by atoms with E-state index in [9.17, 15) is 10.1 Å². The second kappa shape index (κ2) is 6.69. The summed E-state index contributed by atoms with van der Waals surface area (Å²) in [6.07, 6.45) is 4.33. The second-order valence-corrected chi connectivity index (χ2v) is 4.50. The van der Waals surface area contributed by atoms with E-state index < -0.39 is 4.92 Å². The topological polar surface area (TPSA) is 103 Å². The molecule has 0 saturated carbocycles. The molecular formula is C13H16N4O4. The zero-order chi connectivity index (χ0) is 15.2. The van der Waals surface area contributed by atoms with Gasteiger partial charge in [0.2, 0.25) is 5.82 Å². The molecule has 2 aromatic heterocycles. The number of nitrogens with zero attached hydrogens (tertiary/aromatic N) is 3. The molecule has 0 aliphatic carbocycles. The molecule has 0 amide bonds. The number of aryl methyl sites for hydroxylation is 1. The minimum absolute atomic E-state index is 0.0200. The minimum atomic E-state index is -0.555. The van der Waals surface area contributed by atoms with Crippen LogP contribution in [0, 0.1) is 10.1 Å². The van der Waals surface area contributed by atoms with Crippen molar-refractivity contribution in [2.45, 2.75) is 25.8 Å². The van der Waals surface area contributed by atoms with Crippen molar-refractivity contribution < 1.29 is 14.1 Å². The van der Waals surface area contributed by atoms with Gasteiger partial charge in [-0.2, -0.15) is 4.98 Å². The molecule has 1 unspecified atom stereocenters. The van der Waals surface area contributed by atoms with Crippen molar-refractivity contribution in [3.05, 3.63) is 40.6 Å². The predicted molar refractivity (Wildman–Crippen MR) is 75.4 cm³/mol. The van der Waals surface area contributed by atoms with E-state index in [0.717, 1.165) is 18.6 Å². The number of rotatable bonds is 7. The Kier molecular flexibility index (Phi) is 4.70. The number of hydrogen-bond acceptors (Lipinski definition) is 7. The van der Waals surface area contributed by atoms with Gasteiger partial charge in [-0.3, -0.25) is 10.1 Å². The van der Waals surface area contributed by atoms with E-state index in [4.69, 9.17) is 9.15 Å². The number of aromatic nitrogens is 2. The Bertz CT molecular complexity index is 600. The summed E-state index contributed by atoms with van der Waals surface area (Å²) in [4.78, 5) is 18.2. The summed E-state index contributed by atoms with van der Waals surface area (Å²) in [5, 5.41) is 14.1. The van der Waals surface area contributed by atoms with Gasteiger partial charge in [0.25, 0.3) is 5.88 Å². The number of furan rings is 1. The molecule has 8 nitrogen and oxygen atoms in total. The highest BCUT2D eigenvalue weighted by atomic mass is 16.6. The van der Waals surface area contributed by atoms with Gasteiger partial charge >= 0.3 is 5.69 Å². The molecule has 0 aromatic carbocycles. The zero-order valence-electron chi connectivity index (χ0n) is 11.8. The fourth-order valence-corrected chi connectivity index (χ4v) is 1.90. The van der Waals surface area contributed by atoms with Crippen LogP contribution in [0.4, 0.5) is 11.5 Å². The lowest BCUT2D eigenvalue weighted by atomic mass is 10.1. The Morgan fingerprint density at radius 3 is 2.95 bits per heavy atom. The first-order valence-corrected chi connectivity index (χ1v) is 6.44. The van der Waals surface area contributed by atoms with Crippen LogP contribution in [0.3, 0.4) is 0 Å². The molecule has 112 valence electrons. The molecule has 1 N–H and O–H groups in total. The summed E-state index contributed by atoms with van der Waals surface area (Å²) < 4.78 is 10.2. The highest BCUT2D eigenvalue weighted by Gasteiger charge is 2.24. The lowest BCUT2D eigenvalue weighted by Gasteiger charge is -2.14. The lowest BCUT2D eigenvalue weighted by molar-refractivity contribution is -0.385. The smallest absolute Gasteiger partial charge is 0.372 e. The summed E-state index contributed by atoms with van der Waals surface area (Å²) in [6.45, 7) is 1.92. The van der Waals surface area contributed by atoms with Crippen LogP contribution in [0.25, 0.3) is 0 Å². The Hall–Kier alpha value is -2.64. The highest BCUT2D eigenvalue weighted by Crippen LogP contribution is 2.30. The van der Waals surface area contributed by atoms with Gasteiger partial charge in [0.15, 0.2) is 0 Å². The molecule has 2 heterocycles. The maximum atomic E-state index is 11.1. The van der Waals surface area contributed by atoms with Crippen LogP contribution in [0.5, 0.6) is 5.88 Å². The van der Waals surface area contributed by atoms with Gasteiger partial charge < -0.3 is 14.5 Å². The average Bonchev–Trinajstić information content (AvgIpc) is 2.97. The molecule has 0 saturated heterocycles. The Labute approximate surface area is 121 Å². The molecule has 21 heavy (non-hydrogen) atoms. The van der Waals surface area contributed by atoms with Crippen molar-refractivity contribution >= 4 is 11.5 Å². The Morgan fingerprint density at radius 2 is 2.33 bits per heavy atom. The van der Waals surface area contributed by atoms with Crippen molar-refractivity contribution in [3.8, 4) is 5.88 Å². The van der Waals surface area contributed by atoms with Crippen LogP contribution < -0.4 is 10.1 Å². The van der Waals surface area contributed by atoms with Crippen molar-refractivity contribution in [2.75, 3.05) is 12.4 Å². The van der Waals surface area contributed by atoms with Crippen molar-refractivity contribution in [1.82, 2.24) is 9.97 Å². The van der Waals surface area contributed by atoms with Crippen molar-refractivity contribution in [2.24, 2.45) is 0 Å². The van der Waals surface area contributed by atoms with E-state index in [0.29, 0.717) is 0 Å². The number of anilines is 1. The van der Waals surface area contributed by atoms with Gasteiger partial charge in [0.1, 0.15) is 12.1 Å². The third-order valence-corrected chi connectivity index (χ3v) is 2.95. The van der Waals surface area contributed by atoms with Crippen LogP contribution in [0.1, 0.15) is 19.1 Å². The lowest BCUT2D eigenvalue weighted by Crippen LogP contribution is -2.18. The van der Waals surface area contributed by atoms with E-state index in [1.807, 2.05) is 19.1 Å². The van der Waals surface area contributed by atoms with Crippen LogP contribution >= 0.6 is 0 Å². The molecule has 0 aliphatic rings. The third-order valence-electron chi connectivity index (χ3n) is 2.95. The quantitative estimate of drug-likeness (QED) is 0.617. The standard InChI is InChI=1S/C13H16N4O4/c1-9(5-6-10-4-3-7-21-10)16-12-11(17(18)19)13(20-2)15-8-14-12/h3-4,7-9H,5-6H2,1-2H3,(H,14,15,16). The highest BCUT2D eigenvalue weighted by molar-refractivity contribution is 5.61. The Morgan fingerprint density at radius 1 is 1.52 bits per heavy atom. The van der Waals surface area contributed by atoms with E-state index >= 15 is 0 Å². The number of nitrogens with one attached hydrogen (secondary N) is 1. The second-order valence-electron chi connectivity index (χ2n) is 4.50. The summed E-state index contributed by atoms with van der Waals surface area (Å²) >= 11 is 0. The molecule has 8 heteroatoms. The molecular weight excluding hydrogens is 276 g/mol. The Balaban J connectivity index is 2.06. The summed E-state index contributed by atoms with van der Waals surface area (Å²) in [5.74, 6) is 0.966. The van der Waals surface area contributed by atoms with Crippen LogP contribution in [0.15, 0.2) is 29.1 Å². The number of methoxy groups -OCH3 is 1. The number of nitro groups is 1. The van der Waals surface area contributed by atoms with Crippen LogP contribution in [-0.4, -0.2) is 28.0 Å². The molecule has 2 aromatic rings. The minimum Gasteiger partial charge on any atom is -0.476 e. The van der Waals surface area contributed by atoms with Crippen LogP contribution in [0.2, 0.25) is 0 Å². The first-order valence-electron chi connectivity index (χ1n) is 6.44. The molecule has 0 fully saturated rings. The predicted octanol–water partition coefficient (Wildman–Crippen LogP) is 2.42. The summed E-state index contributed by atoms with van der Waals surface area (Å²) in [5.41, 5.74) is -0.259. The molecule has 0 aliphatic heterocycles. The first-order chi connectivity index (χ1) is 10.1. The maximum Gasteiger partial charge on any atom is 0.372 e. The van der Waals surface area contributed by atoms with Gasteiger partial charge in [0.05, 0.1) is 18.3 Å². The zero-order valence-corrected chi connectivity index (χ0v) is 11.8. The maximum absolute atomic E-state index is 11.1. The largest absolute Gasteiger partial charge is 0.476 e. The monoisotopic (exact) mass is 292 g/mol. The third kappa shape index (κ3) is 3.68. The number of hydrogen-bond donors (Lipinski definition) is 1. The van der Waals surface area contributed by atoms with Gasteiger partial charge in [-0.15, -0.1) is 0 Å². The van der Waals surface area contributed by atoms with E-state index in [2.05, 4.69) is 15.3 Å². The SMILES string of the molecule is COc1ncnc(NC(C)CCc2ccco2)c1[N+](=O)[O-]. The number of ether oxygens (including phenoxy) is 1. The molecule has 0 spiro atoms. The fourth-order valence-electron chi connectivity index (χ4n) is 1.90. The van der Waals surface area contributed by atoms with Gasteiger partial charge in [0, 0.05) is 12.5 Å². The molecule has 0 bridgehead atoms. The van der Waals surface area contributed by atoms with Gasteiger partial charge in [-0.25, -0.2) is 4.98 Å². The average molecular weight is 292 g/mol. The summed E-state index contributed by atoms with van der Waals surface area (Å²) in [6, 6.07) is 3.70. The van der Waals surface area contributed by atoms with E-state index in [1.54, 1.807) is 6.26 Å². The summed E-state index contributed by atoms with van der Waals surface area (Å²) in [7, 11) is 1.33. The van der Waals surface area contributed by atoms with Crippen molar-refractivity contribution in [1.29, 1.82) is 0 Å². The van der Waals surface area contributed by atoms with Crippen molar-refractivity contribution in [3.63, 3.8) is 0 Å². The van der Waals surface area contributed by atoms with E-state index in [1.165, 1.54) is 13.4 Å².